The number of rotatable bonds is 5. The molecule has 0 saturated carbocycles. The highest BCUT2D eigenvalue weighted by Crippen LogP contribution is 2.35. The lowest BCUT2D eigenvalue weighted by molar-refractivity contribution is 0.428. The van der Waals surface area contributed by atoms with E-state index in [1.54, 1.807) is 0 Å². The molecule has 0 saturated heterocycles. The summed E-state index contributed by atoms with van der Waals surface area (Å²) in [4.78, 5) is 2.76. The third kappa shape index (κ3) is 3.51. The third-order valence-corrected chi connectivity index (χ3v) is 5.55. The minimum Gasteiger partial charge on any atom is -0.309 e. The summed E-state index contributed by atoms with van der Waals surface area (Å²) in [5.74, 6) is 0.603. The van der Waals surface area contributed by atoms with E-state index in [9.17, 15) is 0 Å². The van der Waals surface area contributed by atoms with Gasteiger partial charge in [-0.15, -0.1) is 11.3 Å². The Bertz CT molecular complexity index is 574. The van der Waals surface area contributed by atoms with E-state index in [2.05, 4.69) is 79.3 Å². The zero-order valence-corrected chi connectivity index (χ0v) is 14.9. The van der Waals surface area contributed by atoms with E-state index in [-0.39, 0.29) is 0 Å². The van der Waals surface area contributed by atoms with Crippen molar-refractivity contribution < 1.29 is 0 Å². The molecule has 0 aliphatic carbocycles. The fraction of sp³-hybridized carbons (Fsp3) is 0.412. The molecule has 1 aromatic heterocycles. The second-order valence-electron chi connectivity index (χ2n) is 5.45. The van der Waals surface area contributed by atoms with Gasteiger partial charge in [0.25, 0.3) is 0 Å². The molecule has 2 rings (SSSR count). The summed E-state index contributed by atoms with van der Waals surface area (Å²) in [7, 11) is 0. The van der Waals surface area contributed by atoms with Crippen molar-refractivity contribution in [2.75, 3.05) is 6.54 Å². The zero-order valence-electron chi connectivity index (χ0n) is 12.5. The lowest BCUT2D eigenvalue weighted by atomic mass is 10.0. The van der Waals surface area contributed by atoms with Crippen LogP contribution in [0.3, 0.4) is 0 Å². The van der Waals surface area contributed by atoms with E-state index in [0.717, 1.165) is 6.54 Å². The van der Waals surface area contributed by atoms with Gasteiger partial charge in [0.2, 0.25) is 0 Å². The first kappa shape index (κ1) is 15.7. The molecule has 1 N–H and O–H groups in total. The second kappa shape index (κ2) is 6.88. The second-order valence-corrected chi connectivity index (χ2v) is 7.42. The van der Waals surface area contributed by atoms with E-state index >= 15 is 0 Å². The van der Waals surface area contributed by atoms with Crippen molar-refractivity contribution >= 4 is 27.3 Å². The van der Waals surface area contributed by atoms with Gasteiger partial charge in [0.15, 0.2) is 0 Å². The lowest BCUT2D eigenvalue weighted by Gasteiger charge is -2.20. The lowest BCUT2D eigenvalue weighted by Crippen LogP contribution is -2.24. The van der Waals surface area contributed by atoms with Crippen LogP contribution < -0.4 is 5.32 Å². The Morgan fingerprint density at radius 1 is 1.20 bits per heavy atom. The van der Waals surface area contributed by atoms with Crippen LogP contribution in [0.15, 0.2) is 34.8 Å². The molecule has 3 heteroatoms. The molecular weight excluding hydrogens is 330 g/mol. The summed E-state index contributed by atoms with van der Waals surface area (Å²) in [5, 5.41) is 3.58. The highest BCUT2D eigenvalue weighted by atomic mass is 79.9. The van der Waals surface area contributed by atoms with E-state index in [4.69, 9.17) is 0 Å². The van der Waals surface area contributed by atoms with Crippen LogP contribution in [0.1, 0.15) is 37.3 Å². The molecule has 0 bridgehead atoms. The Morgan fingerprint density at radius 2 is 1.95 bits per heavy atom. The predicted octanol–water partition coefficient (Wildman–Crippen LogP) is 5.79. The van der Waals surface area contributed by atoms with Crippen LogP contribution >= 0.6 is 27.3 Å². The van der Waals surface area contributed by atoms with Crippen molar-refractivity contribution in [3.63, 3.8) is 0 Å². The number of halogens is 1. The number of aryl methyl sites for hydroxylation is 1. The largest absolute Gasteiger partial charge is 0.309 e. The maximum Gasteiger partial charge on any atom is 0.0438 e. The molecule has 108 valence electrons. The van der Waals surface area contributed by atoms with Crippen molar-refractivity contribution in [2.45, 2.75) is 33.7 Å². The van der Waals surface area contributed by atoms with Gasteiger partial charge >= 0.3 is 0 Å². The number of nitrogens with one attached hydrogen (secondary N) is 1. The summed E-state index contributed by atoms with van der Waals surface area (Å²) in [5.41, 5.74) is 2.57. The van der Waals surface area contributed by atoms with Crippen LogP contribution in [0.4, 0.5) is 0 Å². The Morgan fingerprint density at radius 3 is 2.55 bits per heavy atom. The average molecular weight is 352 g/mol. The zero-order chi connectivity index (χ0) is 14.7. The van der Waals surface area contributed by atoms with Gasteiger partial charge in [-0.05, 0) is 48.7 Å². The van der Waals surface area contributed by atoms with Gasteiger partial charge in [0.1, 0.15) is 0 Å². The fourth-order valence-corrected chi connectivity index (χ4v) is 3.94. The summed E-state index contributed by atoms with van der Waals surface area (Å²) < 4.78 is 1.18. The maximum atomic E-state index is 3.62. The van der Waals surface area contributed by atoms with Crippen molar-refractivity contribution in [3.8, 4) is 10.4 Å². The first-order valence-electron chi connectivity index (χ1n) is 7.12. The van der Waals surface area contributed by atoms with Crippen LogP contribution in [-0.4, -0.2) is 6.54 Å². The number of thiophene rings is 1. The SMILES string of the molecule is CCNC(c1ccc(-c2ccc(C)c(Br)c2)s1)C(C)C. The van der Waals surface area contributed by atoms with E-state index < -0.39 is 0 Å². The molecule has 1 atom stereocenters. The van der Waals surface area contributed by atoms with Gasteiger partial charge in [-0.1, -0.05) is 48.8 Å². The molecule has 1 unspecified atom stereocenters. The Hall–Kier alpha value is -0.640. The van der Waals surface area contributed by atoms with E-state index in [1.807, 2.05) is 11.3 Å². The number of benzene rings is 1. The number of hydrogen-bond acceptors (Lipinski definition) is 2. The van der Waals surface area contributed by atoms with Crippen molar-refractivity contribution in [2.24, 2.45) is 5.92 Å². The molecule has 0 fully saturated rings. The molecule has 0 amide bonds. The van der Waals surface area contributed by atoms with Gasteiger partial charge in [-0.2, -0.15) is 0 Å². The Balaban J connectivity index is 2.29. The first-order chi connectivity index (χ1) is 9.52. The van der Waals surface area contributed by atoms with Gasteiger partial charge < -0.3 is 5.32 Å². The number of hydrogen-bond donors (Lipinski definition) is 1. The molecule has 20 heavy (non-hydrogen) atoms. The molecule has 1 aromatic carbocycles. The predicted molar refractivity (Wildman–Crippen MR) is 93.4 cm³/mol. The van der Waals surface area contributed by atoms with Gasteiger partial charge in [-0.3, -0.25) is 0 Å². The first-order valence-corrected chi connectivity index (χ1v) is 8.73. The monoisotopic (exact) mass is 351 g/mol. The van der Waals surface area contributed by atoms with E-state index in [1.165, 1.54) is 25.4 Å². The van der Waals surface area contributed by atoms with Gasteiger partial charge in [0.05, 0.1) is 0 Å². The smallest absolute Gasteiger partial charge is 0.0438 e. The van der Waals surface area contributed by atoms with Gasteiger partial charge in [0, 0.05) is 20.3 Å². The summed E-state index contributed by atoms with van der Waals surface area (Å²) in [6.07, 6.45) is 0. The Kier molecular flexibility index (Phi) is 5.42. The van der Waals surface area contributed by atoms with Crippen LogP contribution in [0.2, 0.25) is 0 Å². The van der Waals surface area contributed by atoms with E-state index in [0.29, 0.717) is 12.0 Å². The quantitative estimate of drug-likeness (QED) is 0.718. The molecule has 2 aromatic rings. The van der Waals surface area contributed by atoms with Crippen LogP contribution in [0.25, 0.3) is 10.4 Å². The van der Waals surface area contributed by atoms with Crippen LogP contribution in [0, 0.1) is 12.8 Å². The fourth-order valence-electron chi connectivity index (χ4n) is 2.31. The average Bonchev–Trinajstić information content (AvgIpc) is 2.88. The summed E-state index contributed by atoms with van der Waals surface area (Å²) >= 11 is 5.51. The highest BCUT2D eigenvalue weighted by Gasteiger charge is 2.17. The summed E-state index contributed by atoms with van der Waals surface area (Å²) in [6.45, 7) is 9.84. The standard InChI is InChI=1S/C17H22BrNS/c1-5-19-17(11(2)3)16-9-8-15(20-16)13-7-6-12(4)14(18)10-13/h6-11,17,19H,5H2,1-4H3. The molecule has 0 radical (unpaired) electrons. The van der Waals surface area contributed by atoms with Crippen molar-refractivity contribution in [1.82, 2.24) is 5.32 Å². The maximum absolute atomic E-state index is 3.62. The normalized spacial score (nSPS) is 12.9. The minimum atomic E-state index is 0.452. The minimum absolute atomic E-state index is 0.452. The molecule has 1 nitrogen and oxygen atoms in total. The van der Waals surface area contributed by atoms with Crippen molar-refractivity contribution in [3.05, 3.63) is 45.2 Å². The highest BCUT2D eigenvalue weighted by molar-refractivity contribution is 9.10. The van der Waals surface area contributed by atoms with Crippen molar-refractivity contribution in [1.29, 1.82) is 0 Å². The molecular formula is C17H22BrNS. The molecule has 0 spiro atoms. The third-order valence-electron chi connectivity index (χ3n) is 3.48. The molecule has 0 aliphatic heterocycles. The van der Waals surface area contributed by atoms with Crippen LogP contribution in [0.5, 0.6) is 0 Å². The Labute approximate surface area is 134 Å². The van der Waals surface area contributed by atoms with Crippen LogP contribution in [-0.2, 0) is 0 Å². The molecule has 1 heterocycles. The molecule has 0 aliphatic rings. The van der Waals surface area contributed by atoms with Gasteiger partial charge in [-0.25, -0.2) is 0 Å². The topological polar surface area (TPSA) is 12.0 Å². The summed E-state index contributed by atoms with van der Waals surface area (Å²) in [6, 6.07) is 11.5.